The van der Waals surface area contributed by atoms with E-state index < -0.39 is 0 Å². The third-order valence-corrected chi connectivity index (χ3v) is 6.18. The van der Waals surface area contributed by atoms with E-state index in [4.69, 9.17) is 4.74 Å². The number of thiazole rings is 1. The Bertz CT molecular complexity index is 556. The average Bonchev–Trinajstić information content (AvgIpc) is 3.16. The van der Waals surface area contributed by atoms with E-state index in [1.54, 1.807) is 18.4 Å². The second-order valence-corrected chi connectivity index (χ2v) is 8.24. The molecule has 7 heteroatoms. The van der Waals surface area contributed by atoms with Gasteiger partial charge in [-0.15, -0.1) is 11.3 Å². The number of guanidine groups is 1. The zero-order valence-electron chi connectivity index (χ0n) is 17.5. The number of nitrogens with one attached hydrogen (secondary N) is 1. The van der Waals surface area contributed by atoms with Gasteiger partial charge in [0.1, 0.15) is 11.1 Å². The predicted molar refractivity (Wildman–Crippen MR) is 115 cm³/mol. The van der Waals surface area contributed by atoms with Crippen LogP contribution in [-0.2, 0) is 11.3 Å². The largest absolute Gasteiger partial charge is 0.375 e. The maximum absolute atomic E-state index is 5.34. The Morgan fingerprint density at radius 2 is 2.11 bits per heavy atom. The monoisotopic (exact) mass is 395 g/mol. The molecule has 1 aromatic rings. The van der Waals surface area contributed by atoms with E-state index in [0.29, 0.717) is 0 Å². The third-order valence-electron chi connectivity index (χ3n) is 5.13. The summed E-state index contributed by atoms with van der Waals surface area (Å²) >= 11 is 1.66. The highest BCUT2D eigenvalue weighted by Crippen LogP contribution is 2.20. The van der Waals surface area contributed by atoms with Gasteiger partial charge in [-0.2, -0.15) is 0 Å². The van der Waals surface area contributed by atoms with Crippen LogP contribution in [0.15, 0.2) is 10.4 Å². The lowest BCUT2D eigenvalue weighted by atomic mass is 10.1. The van der Waals surface area contributed by atoms with Crippen LogP contribution in [-0.4, -0.2) is 68.1 Å². The van der Waals surface area contributed by atoms with Gasteiger partial charge in [0.25, 0.3) is 0 Å². The van der Waals surface area contributed by atoms with Gasteiger partial charge in [0.2, 0.25) is 0 Å². The maximum Gasteiger partial charge on any atom is 0.193 e. The van der Waals surface area contributed by atoms with E-state index in [1.165, 1.54) is 58.2 Å². The molecule has 0 radical (unpaired) electrons. The van der Waals surface area contributed by atoms with Crippen LogP contribution in [0.2, 0.25) is 0 Å². The summed E-state index contributed by atoms with van der Waals surface area (Å²) in [7, 11) is 5.62. The van der Waals surface area contributed by atoms with E-state index in [1.807, 2.05) is 14.0 Å². The summed E-state index contributed by atoms with van der Waals surface area (Å²) in [5, 5.41) is 6.61. The predicted octanol–water partition coefficient (Wildman–Crippen LogP) is 3.51. The Balaban J connectivity index is 1.63. The Hall–Kier alpha value is -1.18. The molecular weight excluding hydrogens is 358 g/mol. The lowest BCUT2D eigenvalue weighted by Crippen LogP contribution is -2.39. The second-order valence-electron chi connectivity index (χ2n) is 7.35. The number of hydrogen-bond donors (Lipinski definition) is 1. The summed E-state index contributed by atoms with van der Waals surface area (Å²) in [4.78, 5) is 13.8. The highest BCUT2D eigenvalue weighted by Gasteiger charge is 2.13. The topological polar surface area (TPSA) is 53.0 Å². The third kappa shape index (κ3) is 7.76. The van der Waals surface area contributed by atoms with Gasteiger partial charge in [0.05, 0.1) is 12.2 Å². The number of rotatable bonds is 10. The summed E-state index contributed by atoms with van der Waals surface area (Å²) < 4.78 is 5.34. The maximum atomic E-state index is 5.34. The lowest BCUT2D eigenvalue weighted by molar-refractivity contribution is 0.119. The Morgan fingerprint density at radius 1 is 1.33 bits per heavy atom. The van der Waals surface area contributed by atoms with Crippen LogP contribution in [0.3, 0.4) is 0 Å². The number of aromatic nitrogens is 1. The van der Waals surface area contributed by atoms with Gasteiger partial charge in [-0.05, 0) is 52.2 Å². The van der Waals surface area contributed by atoms with Gasteiger partial charge >= 0.3 is 0 Å². The molecule has 1 unspecified atom stereocenters. The summed E-state index contributed by atoms with van der Waals surface area (Å²) in [6.07, 6.45) is 8.00. The highest BCUT2D eigenvalue weighted by atomic mass is 32.1. The second kappa shape index (κ2) is 12.3. The fourth-order valence-corrected chi connectivity index (χ4v) is 4.25. The van der Waals surface area contributed by atoms with Crippen LogP contribution < -0.4 is 5.32 Å². The standard InChI is InChI=1S/C20H37N5OS/c1-17(26-4)19-23-18(16-27-19)15-24(3)20(21-2)22-11-7-5-8-12-25-13-9-6-10-14-25/h16-17H,5-15H2,1-4H3,(H,21,22). The minimum atomic E-state index is 0.0523. The molecule has 1 aliphatic rings. The van der Waals surface area contributed by atoms with Crippen molar-refractivity contribution in [3.63, 3.8) is 0 Å². The van der Waals surface area contributed by atoms with Crippen molar-refractivity contribution in [2.75, 3.05) is 47.4 Å². The number of ether oxygens (including phenoxy) is 1. The van der Waals surface area contributed by atoms with Crippen molar-refractivity contribution in [2.24, 2.45) is 4.99 Å². The smallest absolute Gasteiger partial charge is 0.193 e. The molecule has 0 aliphatic carbocycles. The van der Waals surface area contributed by atoms with Crippen molar-refractivity contribution in [1.82, 2.24) is 20.1 Å². The molecule has 0 spiro atoms. The molecular formula is C20H37N5OS. The van der Waals surface area contributed by atoms with Crippen LogP contribution in [0.25, 0.3) is 0 Å². The molecule has 2 heterocycles. The number of methoxy groups -OCH3 is 1. The first-order valence-electron chi connectivity index (χ1n) is 10.2. The first kappa shape index (κ1) is 22.1. The molecule has 1 aliphatic heterocycles. The molecule has 0 bridgehead atoms. The summed E-state index contributed by atoms with van der Waals surface area (Å²) in [6, 6.07) is 0. The molecule has 2 rings (SSSR count). The molecule has 1 aromatic heterocycles. The van der Waals surface area contributed by atoms with Gasteiger partial charge in [-0.3, -0.25) is 4.99 Å². The molecule has 0 saturated carbocycles. The number of aliphatic imine (C=N–C) groups is 1. The number of hydrogen-bond acceptors (Lipinski definition) is 5. The molecule has 1 fully saturated rings. The van der Waals surface area contributed by atoms with Crippen LogP contribution in [0, 0.1) is 0 Å². The van der Waals surface area contributed by atoms with Crippen LogP contribution in [0.1, 0.15) is 62.3 Å². The normalized spacial score (nSPS) is 17.1. The van der Waals surface area contributed by atoms with E-state index >= 15 is 0 Å². The van der Waals surface area contributed by atoms with Crippen LogP contribution in [0.4, 0.5) is 0 Å². The molecule has 1 atom stereocenters. The number of unbranched alkanes of at least 4 members (excludes halogenated alkanes) is 2. The first-order valence-corrected chi connectivity index (χ1v) is 11.1. The molecule has 154 valence electrons. The lowest BCUT2D eigenvalue weighted by Gasteiger charge is -2.26. The Kier molecular flexibility index (Phi) is 10.1. The number of likely N-dealkylation sites (tertiary alicyclic amines) is 1. The SMILES string of the molecule is CN=C(NCCCCCN1CCCCC1)N(C)Cc1csc(C(C)OC)n1. The van der Waals surface area contributed by atoms with Crippen molar-refractivity contribution in [3.8, 4) is 0 Å². The van der Waals surface area contributed by atoms with Crippen molar-refractivity contribution in [2.45, 2.75) is 58.1 Å². The van der Waals surface area contributed by atoms with Crippen LogP contribution in [0.5, 0.6) is 0 Å². The molecule has 0 amide bonds. The molecule has 6 nitrogen and oxygen atoms in total. The van der Waals surface area contributed by atoms with E-state index in [-0.39, 0.29) is 6.10 Å². The molecule has 1 N–H and O–H groups in total. The van der Waals surface area contributed by atoms with Gasteiger partial charge in [-0.1, -0.05) is 12.8 Å². The highest BCUT2D eigenvalue weighted by molar-refractivity contribution is 7.09. The first-order chi connectivity index (χ1) is 13.1. The van der Waals surface area contributed by atoms with Gasteiger partial charge in [0.15, 0.2) is 5.96 Å². The van der Waals surface area contributed by atoms with Crippen molar-refractivity contribution in [1.29, 1.82) is 0 Å². The zero-order valence-corrected chi connectivity index (χ0v) is 18.4. The van der Waals surface area contributed by atoms with Crippen molar-refractivity contribution >= 4 is 17.3 Å². The van der Waals surface area contributed by atoms with Crippen molar-refractivity contribution in [3.05, 3.63) is 16.1 Å². The fourth-order valence-electron chi connectivity index (χ4n) is 3.41. The van der Waals surface area contributed by atoms with Gasteiger partial charge in [-0.25, -0.2) is 4.98 Å². The van der Waals surface area contributed by atoms with E-state index in [2.05, 4.69) is 37.5 Å². The summed E-state index contributed by atoms with van der Waals surface area (Å²) in [5.41, 5.74) is 1.06. The average molecular weight is 396 g/mol. The number of nitrogens with zero attached hydrogens (tertiary/aromatic N) is 4. The minimum Gasteiger partial charge on any atom is -0.375 e. The molecule has 1 saturated heterocycles. The van der Waals surface area contributed by atoms with Gasteiger partial charge in [0, 0.05) is 33.1 Å². The van der Waals surface area contributed by atoms with E-state index in [9.17, 15) is 0 Å². The Morgan fingerprint density at radius 3 is 2.81 bits per heavy atom. The van der Waals surface area contributed by atoms with E-state index in [0.717, 1.165) is 29.8 Å². The summed E-state index contributed by atoms with van der Waals surface area (Å²) in [5.74, 6) is 0.931. The van der Waals surface area contributed by atoms with Crippen LogP contribution >= 0.6 is 11.3 Å². The van der Waals surface area contributed by atoms with Crippen molar-refractivity contribution < 1.29 is 4.74 Å². The quantitative estimate of drug-likeness (QED) is 0.373. The zero-order chi connectivity index (χ0) is 19.5. The number of piperidine rings is 1. The Labute approximate surface area is 169 Å². The fraction of sp³-hybridized carbons (Fsp3) is 0.800. The molecule has 0 aromatic carbocycles. The minimum absolute atomic E-state index is 0.0523. The van der Waals surface area contributed by atoms with Gasteiger partial charge < -0.3 is 19.9 Å². The summed E-state index contributed by atoms with van der Waals surface area (Å²) in [6.45, 7) is 7.62. The molecule has 27 heavy (non-hydrogen) atoms.